The summed E-state index contributed by atoms with van der Waals surface area (Å²) in [5, 5.41) is 3.83. The molecule has 1 aromatic carbocycles. The number of nitrogens with zero attached hydrogens (tertiary/aromatic N) is 1. The molecule has 3 rings (SSSR count). The molecule has 2 N–H and O–H groups in total. The van der Waals surface area contributed by atoms with Crippen LogP contribution in [0.2, 0.25) is 0 Å². The van der Waals surface area contributed by atoms with E-state index in [1.54, 1.807) is 7.11 Å². The summed E-state index contributed by atoms with van der Waals surface area (Å²) < 4.78 is 11.5. The first kappa shape index (κ1) is 10.7. The number of ether oxygens (including phenoxy) is 1. The predicted molar refractivity (Wildman–Crippen MR) is 68.0 cm³/mol. The highest BCUT2D eigenvalue weighted by molar-refractivity contribution is 9.10. The molecule has 0 bridgehead atoms. The van der Waals surface area contributed by atoms with E-state index in [4.69, 9.17) is 15.0 Å². The second-order valence-electron chi connectivity index (χ2n) is 3.99. The molecule has 0 saturated carbocycles. The van der Waals surface area contributed by atoms with Gasteiger partial charge in [0.1, 0.15) is 5.75 Å². The van der Waals surface area contributed by atoms with Crippen molar-refractivity contribution in [3.63, 3.8) is 0 Å². The Hall–Kier alpha value is -1.49. The second-order valence-corrected chi connectivity index (χ2v) is 4.78. The third-order valence-corrected chi connectivity index (χ3v) is 3.89. The van der Waals surface area contributed by atoms with Crippen LogP contribution in [0, 0.1) is 0 Å². The van der Waals surface area contributed by atoms with Gasteiger partial charge in [-0.15, -0.1) is 0 Å². The summed E-state index contributed by atoms with van der Waals surface area (Å²) in [6.45, 7) is 0. The monoisotopic (exact) mass is 294 g/mol. The SMILES string of the molecule is COc1ccc2c(c1Br)-c1onc(N)c1CC2. The number of rotatable bonds is 1. The van der Waals surface area contributed by atoms with Gasteiger partial charge >= 0.3 is 0 Å². The van der Waals surface area contributed by atoms with Crippen LogP contribution in [0.15, 0.2) is 21.1 Å². The van der Waals surface area contributed by atoms with Crippen molar-refractivity contribution in [3.05, 3.63) is 27.7 Å². The third kappa shape index (κ3) is 1.45. The van der Waals surface area contributed by atoms with Gasteiger partial charge in [0.2, 0.25) is 0 Å². The van der Waals surface area contributed by atoms with Crippen molar-refractivity contribution in [2.45, 2.75) is 12.8 Å². The number of nitrogens with two attached hydrogens (primary N) is 1. The molecule has 17 heavy (non-hydrogen) atoms. The summed E-state index contributed by atoms with van der Waals surface area (Å²) >= 11 is 3.55. The van der Waals surface area contributed by atoms with E-state index in [0.29, 0.717) is 5.82 Å². The minimum absolute atomic E-state index is 0.486. The average molecular weight is 295 g/mol. The molecule has 88 valence electrons. The Morgan fingerprint density at radius 1 is 1.41 bits per heavy atom. The number of anilines is 1. The Balaban J connectivity index is 2.29. The molecule has 0 amide bonds. The first-order valence-corrected chi connectivity index (χ1v) is 6.11. The minimum Gasteiger partial charge on any atom is -0.496 e. The molecule has 1 aromatic heterocycles. The van der Waals surface area contributed by atoms with Gasteiger partial charge in [0, 0.05) is 11.1 Å². The van der Waals surface area contributed by atoms with Gasteiger partial charge < -0.3 is 15.0 Å². The Morgan fingerprint density at radius 3 is 3.00 bits per heavy atom. The number of nitrogen functional groups attached to an aromatic ring is 1. The van der Waals surface area contributed by atoms with Crippen LogP contribution >= 0.6 is 15.9 Å². The maximum atomic E-state index is 5.79. The molecule has 4 nitrogen and oxygen atoms in total. The number of aromatic nitrogens is 1. The van der Waals surface area contributed by atoms with Crippen LogP contribution in [0.1, 0.15) is 11.1 Å². The van der Waals surface area contributed by atoms with Gasteiger partial charge in [-0.25, -0.2) is 0 Å². The van der Waals surface area contributed by atoms with E-state index in [9.17, 15) is 0 Å². The molecule has 0 unspecified atom stereocenters. The Labute approximate surface area is 107 Å². The minimum atomic E-state index is 0.486. The standard InChI is InChI=1S/C12H11BrN2O2/c1-16-8-5-3-6-2-4-7-11(9(6)10(8)13)17-15-12(7)14/h3,5H,2,4H2,1H3,(H2,14,15). The highest BCUT2D eigenvalue weighted by Gasteiger charge is 2.26. The Bertz CT molecular complexity index is 592. The predicted octanol–water partition coefficient (Wildman–Crippen LogP) is 2.79. The maximum absolute atomic E-state index is 5.79. The maximum Gasteiger partial charge on any atom is 0.173 e. The van der Waals surface area contributed by atoms with Crippen molar-refractivity contribution in [2.75, 3.05) is 12.8 Å². The number of hydrogen-bond donors (Lipinski definition) is 1. The fourth-order valence-corrected chi connectivity index (χ4v) is 2.96. The molecule has 1 aliphatic carbocycles. The molecule has 2 aromatic rings. The third-order valence-electron chi connectivity index (χ3n) is 3.10. The molecule has 0 atom stereocenters. The zero-order valence-corrected chi connectivity index (χ0v) is 10.9. The fraction of sp³-hybridized carbons (Fsp3) is 0.250. The quantitative estimate of drug-likeness (QED) is 0.878. The lowest BCUT2D eigenvalue weighted by molar-refractivity contribution is 0.410. The zero-order chi connectivity index (χ0) is 12.0. The Kier molecular flexibility index (Phi) is 2.36. The van der Waals surface area contributed by atoms with E-state index in [-0.39, 0.29) is 0 Å². The Morgan fingerprint density at radius 2 is 2.24 bits per heavy atom. The molecule has 5 heteroatoms. The van der Waals surface area contributed by atoms with Gasteiger partial charge in [-0.2, -0.15) is 0 Å². The van der Waals surface area contributed by atoms with Crippen LogP contribution in [0.5, 0.6) is 5.75 Å². The van der Waals surface area contributed by atoms with Gasteiger partial charge in [-0.05, 0) is 40.4 Å². The summed E-state index contributed by atoms with van der Waals surface area (Å²) in [4.78, 5) is 0. The van der Waals surface area contributed by atoms with E-state index in [0.717, 1.165) is 40.0 Å². The number of hydrogen-bond acceptors (Lipinski definition) is 4. The lowest BCUT2D eigenvalue weighted by Crippen LogP contribution is -2.05. The topological polar surface area (TPSA) is 61.3 Å². The molecule has 0 aliphatic heterocycles. The van der Waals surface area contributed by atoms with Crippen molar-refractivity contribution in [1.82, 2.24) is 5.16 Å². The largest absolute Gasteiger partial charge is 0.496 e. The zero-order valence-electron chi connectivity index (χ0n) is 9.29. The summed E-state index contributed by atoms with van der Waals surface area (Å²) in [5.41, 5.74) is 9.01. The van der Waals surface area contributed by atoms with Gasteiger partial charge in [-0.3, -0.25) is 0 Å². The van der Waals surface area contributed by atoms with E-state index in [2.05, 4.69) is 27.2 Å². The smallest absolute Gasteiger partial charge is 0.173 e. The van der Waals surface area contributed by atoms with Crippen LogP contribution < -0.4 is 10.5 Å². The molecule has 0 spiro atoms. The van der Waals surface area contributed by atoms with Gasteiger partial charge in [0.25, 0.3) is 0 Å². The van der Waals surface area contributed by atoms with Gasteiger partial charge in [-0.1, -0.05) is 11.2 Å². The number of fused-ring (bicyclic) bond motifs is 3. The molecule has 0 radical (unpaired) electrons. The number of benzene rings is 1. The van der Waals surface area contributed by atoms with Crippen LogP contribution in [0.3, 0.4) is 0 Å². The van der Waals surface area contributed by atoms with E-state index >= 15 is 0 Å². The molecule has 1 heterocycles. The molecular formula is C12H11BrN2O2. The number of aryl methyl sites for hydroxylation is 1. The summed E-state index contributed by atoms with van der Waals surface area (Å²) in [7, 11) is 1.64. The second kappa shape index (κ2) is 3.77. The first-order valence-electron chi connectivity index (χ1n) is 5.32. The van der Waals surface area contributed by atoms with E-state index < -0.39 is 0 Å². The van der Waals surface area contributed by atoms with E-state index in [1.165, 1.54) is 5.56 Å². The average Bonchev–Trinajstić information content (AvgIpc) is 2.71. The summed E-state index contributed by atoms with van der Waals surface area (Å²) in [5.74, 6) is 2.03. The lowest BCUT2D eigenvalue weighted by Gasteiger charge is -2.17. The first-order chi connectivity index (χ1) is 8.22. The van der Waals surface area contributed by atoms with E-state index in [1.807, 2.05) is 6.07 Å². The molecular weight excluding hydrogens is 284 g/mol. The van der Waals surface area contributed by atoms with Crippen molar-refractivity contribution in [1.29, 1.82) is 0 Å². The normalized spacial score (nSPS) is 13.1. The number of halogens is 1. The van der Waals surface area contributed by atoms with Crippen molar-refractivity contribution >= 4 is 21.7 Å². The van der Waals surface area contributed by atoms with Crippen LogP contribution in [0.25, 0.3) is 11.3 Å². The summed E-state index contributed by atoms with van der Waals surface area (Å²) in [6.07, 6.45) is 1.81. The van der Waals surface area contributed by atoms with Crippen LogP contribution in [-0.2, 0) is 12.8 Å². The van der Waals surface area contributed by atoms with Crippen molar-refractivity contribution < 1.29 is 9.26 Å². The molecule has 1 aliphatic rings. The highest BCUT2D eigenvalue weighted by Crippen LogP contribution is 2.44. The van der Waals surface area contributed by atoms with Crippen molar-refractivity contribution in [2.24, 2.45) is 0 Å². The highest BCUT2D eigenvalue weighted by atomic mass is 79.9. The van der Waals surface area contributed by atoms with Gasteiger partial charge in [0.05, 0.1) is 11.6 Å². The summed E-state index contributed by atoms with van der Waals surface area (Å²) in [6, 6.07) is 4.01. The number of methoxy groups -OCH3 is 1. The van der Waals surface area contributed by atoms with Crippen LogP contribution in [-0.4, -0.2) is 12.3 Å². The van der Waals surface area contributed by atoms with Crippen molar-refractivity contribution in [3.8, 4) is 17.1 Å². The van der Waals surface area contributed by atoms with Crippen LogP contribution in [0.4, 0.5) is 5.82 Å². The lowest BCUT2D eigenvalue weighted by atomic mass is 9.90. The molecule has 0 saturated heterocycles. The molecule has 0 fully saturated rings. The fourth-order valence-electron chi connectivity index (χ4n) is 2.23. The van der Waals surface area contributed by atoms with Gasteiger partial charge in [0.15, 0.2) is 11.6 Å².